The van der Waals surface area contributed by atoms with E-state index < -0.39 is 22.2 Å². The van der Waals surface area contributed by atoms with Gasteiger partial charge in [-0.15, -0.1) is 11.3 Å². The van der Waals surface area contributed by atoms with Gasteiger partial charge in [0.1, 0.15) is 5.82 Å². The zero-order chi connectivity index (χ0) is 14.9. The first-order chi connectivity index (χ1) is 9.38. The minimum atomic E-state index is -1.18. The summed E-state index contributed by atoms with van der Waals surface area (Å²) in [6.45, 7) is 3.75. The van der Waals surface area contributed by atoms with Gasteiger partial charge in [-0.2, -0.15) is 4.39 Å². The predicted molar refractivity (Wildman–Crippen MR) is 74.1 cm³/mol. The van der Waals surface area contributed by atoms with Crippen LogP contribution in [0, 0.1) is 28.7 Å². The maximum atomic E-state index is 13.7. The third-order valence-corrected chi connectivity index (χ3v) is 3.98. The molecule has 0 amide bonds. The van der Waals surface area contributed by atoms with Crippen LogP contribution in [0.25, 0.3) is 0 Å². The number of halogens is 2. The summed E-state index contributed by atoms with van der Waals surface area (Å²) in [6.07, 6.45) is 0. The van der Waals surface area contributed by atoms with Crippen LogP contribution in [0.2, 0.25) is 0 Å². The van der Waals surface area contributed by atoms with Crippen LogP contribution in [0.3, 0.4) is 0 Å². The van der Waals surface area contributed by atoms with Crippen LogP contribution in [0.4, 0.5) is 20.2 Å². The number of hydrogen-bond donors (Lipinski definition) is 1. The number of nitro benzene ring substituents is 1. The highest BCUT2D eigenvalue weighted by atomic mass is 32.1. The monoisotopic (exact) mass is 298 g/mol. The molecule has 0 radical (unpaired) electrons. The molecule has 1 unspecified atom stereocenters. The number of nitrogens with one attached hydrogen (secondary N) is 1. The van der Waals surface area contributed by atoms with Crippen molar-refractivity contribution in [1.82, 2.24) is 0 Å². The van der Waals surface area contributed by atoms with Crippen LogP contribution in [-0.2, 0) is 0 Å². The molecule has 1 aromatic heterocycles. The summed E-state index contributed by atoms with van der Waals surface area (Å²) in [5, 5.41) is 13.5. The predicted octanol–water partition coefficient (Wildman–Crippen LogP) is 4.42. The Morgan fingerprint density at radius 2 is 2.00 bits per heavy atom. The molecule has 1 aromatic carbocycles. The van der Waals surface area contributed by atoms with Crippen LogP contribution in [0.5, 0.6) is 0 Å². The van der Waals surface area contributed by atoms with Gasteiger partial charge in [-0.3, -0.25) is 10.1 Å². The molecule has 7 heteroatoms. The van der Waals surface area contributed by atoms with Crippen molar-refractivity contribution in [2.24, 2.45) is 0 Å². The molecule has 0 aliphatic rings. The molecule has 2 rings (SSSR count). The Morgan fingerprint density at radius 1 is 1.30 bits per heavy atom. The van der Waals surface area contributed by atoms with Gasteiger partial charge in [-0.1, -0.05) is 0 Å². The van der Waals surface area contributed by atoms with Gasteiger partial charge >= 0.3 is 5.69 Å². The van der Waals surface area contributed by atoms with E-state index in [2.05, 4.69) is 5.32 Å². The van der Waals surface area contributed by atoms with Crippen molar-refractivity contribution >= 4 is 22.7 Å². The van der Waals surface area contributed by atoms with Gasteiger partial charge < -0.3 is 5.32 Å². The largest absolute Gasteiger partial charge is 0.375 e. The van der Waals surface area contributed by atoms with Crippen molar-refractivity contribution in [3.05, 3.63) is 55.8 Å². The van der Waals surface area contributed by atoms with Crippen LogP contribution in [0.15, 0.2) is 24.3 Å². The summed E-state index contributed by atoms with van der Waals surface area (Å²) in [7, 11) is 0. The van der Waals surface area contributed by atoms with Crippen LogP contribution in [0.1, 0.15) is 22.7 Å². The topological polar surface area (TPSA) is 55.2 Å². The minimum Gasteiger partial charge on any atom is -0.375 e. The molecular formula is C13H12F2N2O2S. The second kappa shape index (κ2) is 5.54. The molecule has 2 aromatic rings. The molecule has 106 valence electrons. The fraction of sp³-hybridized carbons (Fsp3) is 0.231. The van der Waals surface area contributed by atoms with Crippen LogP contribution in [-0.4, -0.2) is 4.92 Å². The van der Waals surface area contributed by atoms with Crippen molar-refractivity contribution < 1.29 is 13.7 Å². The summed E-state index contributed by atoms with van der Waals surface area (Å²) in [4.78, 5) is 11.9. The molecule has 0 saturated carbocycles. The molecule has 0 fully saturated rings. The van der Waals surface area contributed by atoms with Gasteiger partial charge in [-0.25, -0.2) is 4.39 Å². The Kier molecular flexibility index (Phi) is 3.99. The van der Waals surface area contributed by atoms with E-state index in [0.717, 1.165) is 15.8 Å². The maximum absolute atomic E-state index is 13.7. The zero-order valence-corrected chi connectivity index (χ0v) is 11.6. The first-order valence-electron chi connectivity index (χ1n) is 5.85. The number of hydrogen-bond acceptors (Lipinski definition) is 4. The van der Waals surface area contributed by atoms with Crippen LogP contribution < -0.4 is 5.32 Å². The average molecular weight is 298 g/mol. The summed E-state index contributed by atoms with van der Waals surface area (Å²) < 4.78 is 26.9. The van der Waals surface area contributed by atoms with Crippen molar-refractivity contribution in [2.45, 2.75) is 19.9 Å². The van der Waals surface area contributed by atoms with Gasteiger partial charge in [0, 0.05) is 21.9 Å². The average Bonchev–Trinajstić information content (AvgIpc) is 2.79. The molecule has 1 heterocycles. The van der Waals surface area contributed by atoms with Gasteiger partial charge in [0.2, 0.25) is 5.82 Å². The molecule has 0 saturated heterocycles. The molecule has 4 nitrogen and oxygen atoms in total. The lowest BCUT2D eigenvalue weighted by atomic mass is 10.2. The number of anilines is 1. The Labute approximate surface area is 118 Å². The van der Waals surface area contributed by atoms with Gasteiger partial charge in [0.25, 0.3) is 0 Å². The molecule has 1 atom stereocenters. The number of aryl methyl sites for hydroxylation is 1. The van der Waals surface area contributed by atoms with Gasteiger partial charge in [0.05, 0.1) is 16.7 Å². The van der Waals surface area contributed by atoms with E-state index in [0.29, 0.717) is 6.07 Å². The van der Waals surface area contributed by atoms with Crippen LogP contribution >= 0.6 is 11.3 Å². The van der Waals surface area contributed by atoms with Crippen molar-refractivity contribution in [3.63, 3.8) is 0 Å². The Morgan fingerprint density at radius 3 is 2.55 bits per heavy atom. The van der Waals surface area contributed by atoms with Crippen molar-refractivity contribution in [3.8, 4) is 0 Å². The van der Waals surface area contributed by atoms with Crippen molar-refractivity contribution in [2.75, 3.05) is 5.32 Å². The highest BCUT2D eigenvalue weighted by Crippen LogP contribution is 2.30. The molecule has 0 aliphatic heterocycles. The first-order valence-corrected chi connectivity index (χ1v) is 6.66. The fourth-order valence-corrected chi connectivity index (χ4v) is 2.66. The molecule has 1 N–H and O–H groups in total. The molecule has 0 bridgehead atoms. The Bertz CT molecular complexity index is 658. The van der Waals surface area contributed by atoms with E-state index in [9.17, 15) is 18.9 Å². The van der Waals surface area contributed by atoms with E-state index >= 15 is 0 Å². The summed E-state index contributed by atoms with van der Waals surface area (Å²) in [5.41, 5.74) is -0.833. The minimum absolute atomic E-state index is 0.0864. The second-order valence-corrected chi connectivity index (χ2v) is 5.67. The number of benzene rings is 1. The smallest absolute Gasteiger partial charge is 0.307 e. The third kappa shape index (κ3) is 2.93. The zero-order valence-electron chi connectivity index (χ0n) is 10.8. The first kappa shape index (κ1) is 14.4. The second-order valence-electron chi connectivity index (χ2n) is 4.36. The standard InChI is InChI=1S/C13H12F2N2O2S/c1-7-3-4-13(20-7)8(2)16-11-6-12(17(18)19)10(15)5-9(11)14/h3-6,8,16H,1-2H3. The number of thiophene rings is 1. The summed E-state index contributed by atoms with van der Waals surface area (Å²) in [6, 6.07) is 5.00. The highest BCUT2D eigenvalue weighted by molar-refractivity contribution is 7.12. The van der Waals surface area contributed by atoms with E-state index in [4.69, 9.17) is 0 Å². The summed E-state index contributed by atoms with van der Waals surface area (Å²) in [5.74, 6) is -2.04. The highest BCUT2D eigenvalue weighted by Gasteiger charge is 2.20. The number of nitrogens with zero attached hydrogens (tertiary/aromatic N) is 1. The number of nitro groups is 1. The third-order valence-electron chi connectivity index (χ3n) is 2.79. The molecule has 0 aliphatic carbocycles. The van der Waals surface area contributed by atoms with E-state index in [1.165, 1.54) is 0 Å². The quantitative estimate of drug-likeness (QED) is 0.671. The van der Waals surface area contributed by atoms with Gasteiger partial charge in [-0.05, 0) is 26.0 Å². The van der Waals surface area contributed by atoms with E-state index in [-0.39, 0.29) is 11.7 Å². The number of rotatable bonds is 4. The SMILES string of the molecule is Cc1ccc(C(C)Nc2cc([N+](=O)[O-])c(F)cc2F)s1. The van der Waals surface area contributed by atoms with Crippen molar-refractivity contribution in [1.29, 1.82) is 0 Å². The maximum Gasteiger partial charge on any atom is 0.307 e. The lowest BCUT2D eigenvalue weighted by molar-refractivity contribution is -0.387. The lowest BCUT2D eigenvalue weighted by Gasteiger charge is -2.14. The molecule has 20 heavy (non-hydrogen) atoms. The van der Waals surface area contributed by atoms with E-state index in [1.54, 1.807) is 18.3 Å². The molecular weight excluding hydrogens is 286 g/mol. The Hall–Kier alpha value is -2.02. The Balaban J connectivity index is 2.29. The summed E-state index contributed by atoms with van der Waals surface area (Å²) >= 11 is 1.54. The molecule has 0 spiro atoms. The van der Waals surface area contributed by atoms with E-state index in [1.807, 2.05) is 19.1 Å². The normalized spacial score (nSPS) is 12.2. The lowest BCUT2D eigenvalue weighted by Crippen LogP contribution is -2.07. The van der Waals surface area contributed by atoms with Gasteiger partial charge in [0.15, 0.2) is 0 Å². The fourth-order valence-electron chi connectivity index (χ4n) is 1.78.